The average molecular weight is 408 g/mol. The monoisotopic (exact) mass is 408 g/mol. The molecule has 0 aliphatic carbocycles. The molecule has 1 aliphatic rings. The lowest BCUT2D eigenvalue weighted by Gasteiger charge is -2.18. The summed E-state index contributed by atoms with van der Waals surface area (Å²) in [7, 11) is 1.75. The van der Waals surface area contributed by atoms with E-state index in [2.05, 4.69) is 32.5 Å². The molecule has 0 unspecified atom stereocenters. The molecule has 1 fully saturated rings. The molecule has 30 heavy (non-hydrogen) atoms. The minimum atomic E-state index is -0.452. The van der Waals surface area contributed by atoms with E-state index < -0.39 is 5.82 Å². The summed E-state index contributed by atoms with van der Waals surface area (Å²) in [5, 5.41) is 6.41. The number of likely N-dealkylation sites (tertiary alicyclic amines) is 1. The number of nitrogens with zero attached hydrogens (tertiary/aromatic N) is 4. The summed E-state index contributed by atoms with van der Waals surface area (Å²) in [6.45, 7) is 5.38. The summed E-state index contributed by atoms with van der Waals surface area (Å²) >= 11 is 0. The van der Waals surface area contributed by atoms with Gasteiger partial charge < -0.3 is 15.5 Å². The van der Waals surface area contributed by atoms with Crippen molar-refractivity contribution in [2.75, 3.05) is 30.8 Å². The maximum atomic E-state index is 14.6. The van der Waals surface area contributed by atoms with Gasteiger partial charge in [-0.2, -0.15) is 4.98 Å². The van der Waals surface area contributed by atoms with Crippen molar-refractivity contribution in [2.45, 2.75) is 26.7 Å². The third kappa shape index (κ3) is 3.90. The maximum absolute atomic E-state index is 14.6. The van der Waals surface area contributed by atoms with E-state index >= 15 is 0 Å². The van der Waals surface area contributed by atoms with Crippen LogP contribution < -0.4 is 10.6 Å². The van der Waals surface area contributed by atoms with Crippen LogP contribution >= 0.6 is 0 Å². The molecule has 156 valence electrons. The fourth-order valence-electron chi connectivity index (χ4n) is 3.81. The molecule has 0 saturated carbocycles. The van der Waals surface area contributed by atoms with E-state index in [0.717, 1.165) is 34.9 Å². The molecule has 1 aliphatic heterocycles. The molecule has 1 aromatic carbocycles. The van der Waals surface area contributed by atoms with Gasteiger partial charge in [0.2, 0.25) is 5.95 Å². The smallest absolute Gasteiger partial charge is 0.321 e. The van der Waals surface area contributed by atoms with Crippen molar-refractivity contribution in [2.24, 2.45) is 5.92 Å². The van der Waals surface area contributed by atoms with E-state index in [1.54, 1.807) is 30.4 Å². The van der Waals surface area contributed by atoms with Crippen LogP contribution in [0, 0.1) is 18.7 Å². The van der Waals surface area contributed by atoms with Crippen LogP contribution in [-0.2, 0) is 0 Å². The van der Waals surface area contributed by atoms with Crippen LogP contribution in [0.25, 0.3) is 22.2 Å². The average Bonchev–Trinajstić information content (AvgIpc) is 3.24. The number of pyridine rings is 1. The van der Waals surface area contributed by atoms with E-state index in [1.807, 2.05) is 13.0 Å². The van der Waals surface area contributed by atoms with Gasteiger partial charge in [-0.05, 0) is 48.6 Å². The van der Waals surface area contributed by atoms with Gasteiger partial charge in [-0.25, -0.2) is 19.2 Å². The van der Waals surface area contributed by atoms with E-state index in [-0.39, 0.29) is 11.7 Å². The quantitative estimate of drug-likeness (QED) is 0.667. The number of anilines is 2. The molecule has 8 heteroatoms. The Kier molecular flexibility index (Phi) is 5.48. The van der Waals surface area contributed by atoms with Gasteiger partial charge in [0.1, 0.15) is 5.82 Å². The Balaban J connectivity index is 1.63. The van der Waals surface area contributed by atoms with E-state index in [0.29, 0.717) is 30.6 Å². The predicted molar refractivity (Wildman–Crippen MR) is 116 cm³/mol. The van der Waals surface area contributed by atoms with Crippen molar-refractivity contribution in [3.05, 3.63) is 42.0 Å². The Labute approximate surface area is 174 Å². The van der Waals surface area contributed by atoms with Crippen LogP contribution in [0.4, 0.5) is 20.8 Å². The lowest BCUT2D eigenvalue weighted by atomic mass is 10.0. The zero-order valence-electron chi connectivity index (χ0n) is 17.4. The first-order valence-corrected chi connectivity index (χ1v) is 10.2. The molecule has 3 aromatic rings. The van der Waals surface area contributed by atoms with Crippen molar-refractivity contribution in [1.82, 2.24) is 19.9 Å². The molecule has 2 N–H and O–H groups in total. The van der Waals surface area contributed by atoms with Crippen molar-refractivity contribution >= 4 is 28.7 Å². The van der Waals surface area contributed by atoms with Crippen molar-refractivity contribution in [1.29, 1.82) is 0 Å². The van der Waals surface area contributed by atoms with Gasteiger partial charge in [0, 0.05) is 43.5 Å². The first-order chi connectivity index (χ1) is 14.5. The molecule has 4 rings (SSSR count). The minimum Gasteiger partial charge on any atom is -0.357 e. The van der Waals surface area contributed by atoms with Gasteiger partial charge in [-0.15, -0.1) is 0 Å². The summed E-state index contributed by atoms with van der Waals surface area (Å²) in [4.78, 5) is 27.3. The van der Waals surface area contributed by atoms with Crippen LogP contribution in [0.1, 0.15) is 25.3 Å². The third-order valence-electron chi connectivity index (χ3n) is 5.67. The molecular formula is C22H25FN6O. The van der Waals surface area contributed by atoms with E-state index in [9.17, 15) is 9.18 Å². The maximum Gasteiger partial charge on any atom is 0.321 e. The Morgan fingerprint density at radius 2 is 2.10 bits per heavy atom. The molecule has 0 bridgehead atoms. The van der Waals surface area contributed by atoms with Gasteiger partial charge in [0.15, 0.2) is 5.65 Å². The first-order valence-electron chi connectivity index (χ1n) is 10.2. The van der Waals surface area contributed by atoms with Crippen molar-refractivity contribution in [3.63, 3.8) is 0 Å². The van der Waals surface area contributed by atoms with Gasteiger partial charge in [0.05, 0.1) is 5.69 Å². The largest absolute Gasteiger partial charge is 0.357 e. The number of carbonyl (C=O) groups excluding carboxylic acids is 1. The summed E-state index contributed by atoms with van der Waals surface area (Å²) in [5.74, 6) is 0.563. The molecule has 1 saturated heterocycles. The molecule has 0 radical (unpaired) electrons. The molecular weight excluding hydrogens is 383 g/mol. The number of halogens is 1. The Morgan fingerprint density at radius 3 is 2.83 bits per heavy atom. The topological polar surface area (TPSA) is 83.0 Å². The highest BCUT2D eigenvalue weighted by Gasteiger charge is 2.25. The second kappa shape index (κ2) is 8.22. The standard InChI is InChI=1S/C22H25FN6O/c1-4-14-5-6-29(12-14)22(30)27-19-9-17(13(2)7-18(19)23)15-8-16-11-26-21(24-3)28-20(16)25-10-15/h7-11,14H,4-6,12H2,1-3H3,(H,27,30)(H,24,25,26,28)/t14-/m0/s1. The second-order valence-electron chi connectivity index (χ2n) is 7.67. The first kappa shape index (κ1) is 20.0. The highest BCUT2D eigenvalue weighted by atomic mass is 19.1. The molecule has 7 nitrogen and oxygen atoms in total. The molecule has 3 heterocycles. The van der Waals surface area contributed by atoms with Crippen molar-refractivity contribution in [3.8, 4) is 11.1 Å². The Bertz CT molecular complexity index is 1100. The van der Waals surface area contributed by atoms with Crippen molar-refractivity contribution < 1.29 is 9.18 Å². The second-order valence-corrected chi connectivity index (χ2v) is 7.67. The number of amides is 2. The fourth-order valence-corrected chi connectivity index (χ4v) is 3.81. The van der Waals surface area contributed by atoms with Gasteiger partial charge >= 0.3 is 6.03 Å². The Hall–Kier alpha value is -3.29. The SMILES string of the molecule is CC[C@H]1CCN(C(=O)Nc2cc(-c3cnc4nc(NC)ncc4c3)c(C)cc2F)C1. The Morgan fingerprint density at radius 1 is 1.27 bits per heavy atom. The number of urea groups is 1. The van der Waals surface area contributed by atoms with Crippen LogP contribution in [0.5, 0.6) is 0 Å². The van der Waals surface area contributed by atoms with Crippen LogP contribution in [-0.4, -0.2) is 46.0 Å². The van der Waals surface area contributed by atoms with Gasteiger partial charge in [-0.3, -0.25) is 0 Å². The highest BCUT2D eigenvalue weighted by Crippen LogP contribution is 2.30. The number of hydrogen-bond donors (Lipinski definition) is 2. The van der Waals surface area contributed by atoms with Crippen LogP contribution in [0.15, 0.2) is 30.6 Å². The molecule has 2 amide bonds. The van der Waals surface area contributed by atoms with Crippen LogP contribution in [0.3, 0.4) is 0 Å². The number of aryl methyl sites for hydroxylation is 1. The summed E-state index contributed by atoms with van der Waals surface area (Å²) < 4.78 is 14.6. The zero-order chi connectivity index (χ0) is 21.3. The number of fused-ring (bicyclic) bond motifs is 1. The molecule has 2 aromatic heterocycles. The van der Waals surface area contributed by atoms with Crippen LogP contribution in [0.2, 0.25) is 0 Å². The number of hydrogen-bond acceptors (Lipinski definition) is 5. The zero-order valence-corrected chi connectivity index (χ0v) is 17.4. The molecule has 0 spiro atoms. The summed E-state index contributed by atoms with van der Waals surface area (Å²) in [5.41, 5.74) is 3.11. The lowest BCUT2D eigenvalue weighted by molar-refractivity contribution is 0.220. The number of carbonyl (C=O) groups is 1. The van der Waals surface area contributed by atoms with E-state index in [4.69, 9.17) is 0 Å². The minimum absolute atomic E-state index is 0.169. The predicted octanol–water partition coefficient (Wildman–Crippen LogP) is 4.44. The van der Waals surface area contributed by atoms with Gasteiger partial charge in [0.25, 0.3) is 0 Å². The normalized spacial score (nSPS) is 16.1. The number of aromatic nitrogens is 3. The van der Waals surface area contributed by atoms with E-state index in [1.165, 1.54) is 6.07 Å². The lowest BCUT2D eigenvalue weighted by Crippen LogP contribution is -2.33. The number of rotatable bonds is 4. The molecule has 1 atom stereocenters. The fraction of sp³-hybridized carbons (Fsp3) is 0.364. The summed E-state index contributed by atoms with van der Waals surface area (Å²) in [6, 6.07) is 4.76. The number of benzene rings is 1. The van der Waals surface area contributed by atoms with Gasteiger partial charge in [-0.1, -0.05) is 13.3 Å². The number of nitrogens with one attached hydrogen (secondary N) is 2. The summed E-state index contributed by atoms with van der Waals surface area (Å²) in [6.07, 6.45) is 5.43. The highest BCUT2D eigenvalue weighted by molar-refractivity contribution is 5.91. The third-order valence-corrected chi connectivity index (χ3v) is 5.67.